The maximum absolute atomic E-state index is 11.6. The lowest BCUT2D eigenvalue weighted by atomic mass is 10.1. The van der Waals surface area contributed by atoms with Crippen molar-refractivity contribution in [3.8, 4) is 0 Å². The smallest absolute Gasteiger partial charge is 0.249 e. The van der Waals surface area contributed by atoms with Crippen LogP contribution in [-0.4, -0.2) is 18.6 Å². The zero-order chi connectivity index (χ0) is 12.7. The average Bonchev–Trinajstić information content (AvgIpc) is 2.34. The van der Waals surface area contributed by atoms with Gasteiger partial charge in [0.1, 0.15) is 6.10 Å². The number of carbonyl (C=O) groups excluding carboxylic acids is 1. The number of ether oxygens (including phenoxy) is 1. The Labute approximate surface area is 102 Å². The van der Waals surface area contributed by atoms with Crippen LogP contribution in [0.3, 0.4) is 0 Å². The second-order valence-corrected chi connectivity index (χ2v) is 3.97. The fourth-order valence-electron chi connectivity index (χ4n) is 1.33. The van der Waals surface area contributed by atoms with Crippen LogP contribution < -0.4 is 5.32 Å². The molecule has 3 heteroatoms. The van der Waals surface area contributed by atoms with E-state index < -0.39 is 6.10 Å². The summed E-state index contributed by atoms with van der Waals surface area (Å²) in [7, 11) is 0. The number of carbonyl (C=O) groups is 1. The van der Waals surface area contributed by atoms with Crippen LogP contribution in [-0.2, 0) is 16.1 Å². The van der Waals surface area contributed by atoms with Crippen LogP contribution in [0.15, 0.2) is 36.9 Å². The van der Waals surface area contributed by atoms with Crippen molar-refractivity contribution in [1.29, 1.82) is 0 Å². The average molecular weight is 233 g/mol. The first-order valence-electron chi connectivity index (χ1n) is 5.69. The lowest BCUT2D eigenvalue weighted by Crippen LogP contribution is -2.34. The quantitative estimate of drug-likeness (QED) is 0.765. The van der Waals surface area contributed by atoms with Gasteiger partial charge in [0.15, 0.2) is 0 Å². The van der Waals surface area contributed by atoms with Crippen molar-refractivity contribution in [1.82, 2.24) is 5.32 Å². The number of nitrogens with one attached hydrogen (secondary N) is 1. The van der Waals surface area contributed by atoms with Crippen LogP contribution in [0.25, 0.3) is 0 Å². The van der Waals surface area contributed by atoms with E-state index in [1.54, 1.807) is 13.0 Å². The number of amides is 1. The van der Waals surface area contributed by atoms with Gasteiger partial charge in [-0.05, 0) is 19.4 Å². The highest BCUT2D eigenvalue weighted by Crippen LogP contribution is 2.02. The summed E-state index contributed by atoms with van der Waals surface area (Å²) in [6.45, 7) is 8.22. The normalized spacial score (nSPS) is 11.9. The Hall–Kier alpha value is -1.61. The van der Waals surface area contributed by atoms with E-state index in [9.17, 15) is 4.79 Å². The van der Waals surface area contributed by atoms with Gasteiger partial charge in [-0.2, -0.15) is 0 Å². The van der Waals surface area contributed by atoms with Crippen molar-refractivity contribution in [2.45, 2.75) is 26.5 Å². The molecule has 0 aliphatic heterocycles. The fraction of sp³-hybridized carbons (Fsp3) is 0.357. The molecule has 0 radical (unpaired) electrons. The molecule has 1 atom stereocenters. The molecule has 17 heavy (non-hydrogen) atoms. The van der Waals surface area contributed by atoms with Crippen molar-refractivity contribution >= 4 is 5.91 Å². The summed E-state index contributed by atoms with van der Waals surface area (Å²) in [5.74, 6) is -0.104. The SMILES string of the molecule is C=CCOC(C)C(=O)NCc1ccc(C)cc1. The second-order valence-electron chi connectivity index (χ2n) is 3.97. The molecule has 1 N–H and O–H groups in total. The van der Waals surface area contributed by atoms with Gasteiger partial charge in [0.2, 0.25) is 5.91 Å². The van der Waals surface area contributed by atoms with E-state index in [1.165, 1.54) is 5.56 Å². The van der Waals surface area contributed by atoms with Crippen LogP contribution in [0.2, 0.25) is 0 Å². The largest absolute Gasteiger partial charge is 0.365 e. The molecule has 0 saturated carbocycles. The Morgan fingerprint density at radius 1 is 1.47 bits per heavy atom. The fourth-order valence-corrected chi connectivity index (χ4v) is 1.33. The first-order chi connectivity index (χ1) is 8.13. The van der Waals surface area contributed by atoms with E-state index in [4.69, 9.17) is 4.74 Å². The van der Waals surface area contributed by atoms with Gasteiger partial charge in [-0.3, -0.25) is 4.79 Å². The minimum Gasteiger partial charge on any atom is -0.365 e. The lowest BCUT2D eigenvalue weighted by Gasteiger charge is -2.12. The maximum atomic E-state index is 11.6. The van der Waals surface area contributed by atoms with E-state index in [1.807, 2.05) is 31.2 Å². The molecule has 0 spiro atoms. The van der Waals surface area contributed by atoms with E-state index >= 15 is 0 Å². The predicted molar refractivity (Wildman–Crippen MR) is 68.6 cm³/mol. The van der Waals surface area contributed by atoms with Gasteiger partial charge in [0.25, 0.3) is 0 Å². The Bertz CT molecular complexity index is 370. The second kappa shape index (κ2) is 6.86. The van der Waals surface area contributed by atoms with Crippen LogP contribution >= 0.6 is 0 Å². The van der Waals surface area contributed by atoms with E-state index in [0.717, 1.165) is 5.56 Å². The molecular weight excluding hydrogens is 214 g/mol. The third-order valence-electron chi connectivity index (χ3n) is 2.42. The predicted octanol–water partition coefficient (Wildman–Crippen LogP) is 2.20. The lowest BCUT2D eigenvalue weighted by molar-refractivity contribution is -0.131. The molecule has 1 aromatic carbocycles. The molecule has 0 bridgehead atoms. The summed E-state index contributed by atoms with van der Waals surface area (Å²) >= 11 is 0. The van der Waals surface area contributed by atoms with Gasteiger partial charge in [-0.15, -0.1) is 6.58 Å². The third kappa shape index (κ3) is 4.83. The molecule has 1 rings (SSSR count). The molecule has 0 aliphatic rings. The summed E-state index contributed by atoms with van der Waals surface area (Å²) < 4.78 is 5.23. The van der Waals surface area contributed by atoms with Crippen LogP contribution in [0.4, 0.5) is 0 Å². The van der Waals surface area contributed by atoms with Gasteiger partial charge < -0.3 is 10.1 Å². The molecule has 0 aliphatic carbocycles. The minimum absolute atomic E-state index is 0.104. The Morgan fingerprint density at radius 3 is 2.71 bits per heavy atom. The molecule has 0 saturated heterocycles. The van der Waals surface area contributed by atoms with Gasteiger partial charge in [-0.25, -0.2) is 0 Å². The molecule has 1 amide bonds. The number of aryl methyl sites for hydroxylation is 1. The Morgan fingerprint density at radius 2 is 2.12 bits per heavy atom. The van der Waals surface area contributed by atoms with Gasteiger partial charge in [0, 0.05) is 6.54 Å². The highest BCUT2D eigenvalue weighted by molar-refractivity contribution is 5.80. The van der Waals surface area contributed by atoms with E-state index in [2.05, 4.69) is 11.9 Å². The zero-order valence-electron chi connectivity index (χ0n) is 10.4. The standard InChI is InChI=1S/C14H19NO2/c1-4-9-17-12(3)14(16)15-10-13-7-5-11(2)6-8-13/h4-8,12H,1,9-10H2,2-3H3,(H,15,16). The summed E-state index contributed by atoms with van der Waals surface area (Å²) in [5, 5.41) is 2.83. The first kappa shape index (κ1) is 13.5. The number of hydrogen-bond acceptors (Lipinski definition) is 2. The van der Waals surface area contributed by atoms with Gasteiger partial charge in [0.05, 0.1) is 6.61 Å². The minimum atomic E-state index is -0.446. The number of benzene rings is 1. The molecular formula is C14H19NO2. The Balaban J connectivity index is 2.37. The van der Waals surface area contributed by atoms with Crippen molar-refractivity contribution in [2.24, 2.45) is 0 Å². The van der Waals surface area contributed by atoms with Crippen molar-refractivity contribution < 1.29 is 9.53 Å². The monoisotopic (exact) mass is 233 g/mol. The molecule has 0 fully saturated rings. The molecule has 0 heterocycles. The zero-order valence-corrected chi connectivity index (χ0v) is 10.4. The third-order valence-corrected chi connectivity index (χ3v) is 2.42. The van der Waals surface area contributed by atoms with Crippen LogP contribution in [0.1, 0.15) is 18.1 Å². The highest BCUT2D eigenvalue weighted by Gasteiger charge is 2.11. The topological polar surface area (TPSA) is 38.3 Å². The number of rotatable bonds is 6. The summed E-state index contributed by atoms with van der Waals surface area (Å²) in [4.78, 5) is 11.6. The summed E-state index contributed by atoms with van der Waals surface area (Å²) in [5.41, 5.74) is 2.29. The van der Waals surface area contributed by atoms with Gasteiger partial charge >= 0.3 is 0 Å². The summed E-state index contributed by atoms with van der Waals surface area (Å²) in [6.07, 6.45) is 1.18. The van der Waals surface area contributed by atoms with E-state index in [-0.39, 0.29) is 5.91 Å². The van der Waals surface area contributed by atoms with Crippen LogP contribution in [0, 0.1) is 6.92 Å². The van der Waals surface area contributed by atoms with E-state index in [0.29, 0.717) is 13.2 Å². The number of hydrogen-bond donors (Lipinski definition) is 1. The van der Waals surface area contributed by atoms with Gasteiger partial charge in [-0.1, -0.05) is 35.9 Å². The molecule has 3 nitrogen and oxygen atoms in total. The molecule has 92 valence electrons. The molecule has 1 unspecified atom stereocenters. The Kier molecular flexibility index (Phi) is 5.43. The molecule has 1 aromatic rings. The first-order valence-corrected chi connectivity index (χ1v) is 5.69. The highest BCUT2D eigenvalue weighted by atomic mass is 16.5. The molecule has 0 aromatic heterocycles. The van der Waals surface area contributed by atoms with Crippen LogP contribution in [0.5, 0.6) is 0 Å². The van der Waals surface area contributed by atoms with Crippen molar-refractivity contribution in [3.63, 3.8) is 0 Å². The summed E-state index contributed by atoms with van der Waals surface area (Å²) in [6, 6.07) is 8.06. The van der Waals surface area contributed by atoms with Crippen molar-refractivity contribution in [2.75, 3.05) is 6.61 Å². The maximum Gasteiger partial charge on any atom is 0.249 e. The van der Waals surface area contributed by atoms with Crippen molar-refractivity contribution in [3.05, 3.63) is 48.0 Å².